The van der Waals surface area contributed by atoms with Gasteiger partial charge in [-0.1, -0.05) is 31.6 Å². The molecule has 0 spiro atoms. The van der Waals surface area contributed by atoms with Gasteiger partial charge in [0.25, 0.3) is 0 Å². The molecule has 382 valence electrons. The molecule has 10 atom stereocenters. The summed E-state index contributed by atoms with van der Waals surface area (Å²) in [7, 11) is 3.33. The van der Waals surface area contributed by atoms with Gasteiger partial charge in [0, 0.05) is 62.3 Å². The number of hydrogen-bond acceptors (Lipinski definition) is 13. The van der Waals surface area contributed by atoms with E-state index in [-0.39, 0.29) is 72.8 Å². The number of nitrogens with one attached hydrogen (secondary N) is 1. The molecule has 0 radical (unpaired) electrons. The lowest BCUT2D eigenvalue weighted by Crippen LogP contribution is -2.47. The van der Waals surface area contributed by atoms with Crippen LogP contribution in [0.3, 0.4) is 0 Å². The van der Waals surface area contributed by atoms with E-state index in [0.29, 0.717) is 95.4 Å². The van der Waals surface area contributed by atoms with Gasteiger partial charge in [-0.15, -0.1) is 0 Å². The van der Waals surface area contributed by atoms with Crippen LogP contribution in [0.4, 0.5) is 0 Å². The van der Waals surface area contributed by atoms with Gasteiger partial charge in [0.05, 0.1) is 90.9 Å². The number of nitrogens with zero attached hydrogens (tertiary/aromatic N) is 3. The molecule has 4 aliphatic heterocycles. The monoisotopic (exact) mass is 979 g/mol. The second kappa shape index (κ2) is 25.5. The molecule has 0 aromatic heterocycles. The number of carbonyl (C=O) groups excluding carboxylic acids is 2. The number of aliphatic imine (C=N–C) groups is 1. The minimum Gasteiger partial charge on any atom is -0.498 e. The molecule has 4 fully saturated rings. The lowest BCUT2D eigenvalue weighted by atomic mass is 9.83. The van der Waals surface area contributed by atoms with Crippen molar-refractivity contribution in [2.75, 3.05) is 85.1 Å². The fraction of sp³-hybridized carbons (Fsp3) is 0.736. The highest BCUT2D eigenvalue weighted by molar-refractivity contribution is 7.99. The number of allylic oxidation sites excluding steroid dienone is 4. The van der Waals surface area contributed by atoms with Crippen molar-refractivity contribution in [3.63, 3.8) is 0 Å². The average Bonchev–Trinajstić information content (AvgIpc) is 3.84. The molecule has 2 amide bonds. The Morgan fingerprint density at radius 2 is 1.75 bits per heavy atom. The molecule has 4 heterocycles. The van der Waals surface area contributed by atoms with Crippen molar-refractivity contribution in [2.45, 2.75) is 139 Å². The van der Waals surface area contributed by atoms with Crippen molar-refractivity contribution in [3.8, 4) is 0 Å². The van der Waals surface area contributed by atoms with Crippen LogP contribution in [0, 0.1) is 23.7 Å². The fourth-order valence-electron chi connectivity index (χ4n) is 12.4. The summed E-state index contributed by atoms with van der Waals surface area (Å²) in [5.74, 6) is 5.11. The zero-order valence-corrected chi connectivity index (χ0v) is 42.0. The molecular weight excluding hydrogens is 901 g/mol. The summed E-state index contributed by atoms with van der Waals surface area (Å²) in [5, 5.41) is 12.5. The zero-order valence-electron chi connectivity index (χ0n) is 41.2. The van der Waals surface area contributed by atoms with Crippen molar-refractivity contribution in [3.05, 3.63) is 59.0 Å². The van der Waals surface area contributed by atoms with Crippen LogP contribution in [0.2, 0.25) is 0 Å². The van der Waals surface area contributed by atoms with Crippen LogP contribution < -0.4 is 5.32 Å². The quantitative estimate of drug-likeness (QED) is 0.0417. The Morgan fingerprint density at radius 3 is 2.55 bits per heavy atom. The Kier molecular flexibility index (Phi) is 19.1. The van der Waals surface area contributed by atoms with Gasteiger partial charge in [-0.25, -0.2) is 0 Å². The van der Waals surface area contributed by atoms with Crippen LogP contribution in [0.1, 0.15) is 103 Å². The van der Waals surface area contributed by atoms with Gasteiger partial charge in [0.1, 0.15) is 23.9 Å². The SMILES string of the molecule is C=C/C(OC)=C(\C[C@H]1CC(=O)N2[C@H](C=N1)CC1CCCC[C@@H]12)OCC1=C[C@@H](CSCCOCCOCCOCCC(=O)O)C[C@@H](COC2=C(OC)C[C@@H]3C(=O)N4[C@H](CN[C@@H]3C2)CC2=CCCC[C@H]24)C1. The molecule has 4 aliphatic carbocycles. The number of amides is 2. The van der Waals surface area contributed by atoms with Crippen molar-refractivity contribution >= 4 is 35.8 Å². The van der Waals surface area contributed by atoms with Gasteiger partial charge in [0.2, 0.25) is 11.8 Å². The van der Waals surface area contributed by atoms with E-state index in [2.05, 4.69) is 33.8 Å². The number of aliphatic carboxylic acids is 1. The first-order chi connectivity index (χ1) is 33.7. The van der Waals surface area contributed by atoms with E-state index in [1.165, 1.54) is 30.4 Å². The molecule has 1 unspecified atom stereocenters. The van der Waals surface area contributed by atoms with Crippen LogP contribution in [0.25, 0.3) is 0 Å². The molecule has 8 rings (SSSR count). The second-order valence-electron chi connectivity index (χ2n) is 20.2. The molecule has 15 nitrogen and oxygen atoms in total. The highest BCUT2D eigenvalue weighted by atomic mass is 32.2. The van der Waals surface area contributed by atoms with Crippen molar-refractivity contribution in [1.29, 1.82) is 0 Å². The normalized spacial score (nSPS) is 31.2. The summed E-state index contributed by atoms with van der Waals surface area (Å²) in [6.45, 7) is 8.21. The number of thioether (sulfide) groups is 1. The number of carboxylic acid groups (broad SMARTS) is 1. The van der Waals surface area contributed by atoms with Gasteiger partial charge >= 0.3 is 5.97 Å². The van der Waals surface area contributed by atoms with E-state index in [1.54, 1.807) is 20.3 Å². The predicted molar refractivity (Wildman–Crippen MR) is 265 cm³/mol. The summed E-state index contributed by atoms with van der Waals surface area (Å²) in [6, 6.07) is 0.634. The third kappa shape index (κ3) is 13.4. The van der Waals surface area contributed by atoms with Crippen molar-refractivity contribution in [2.24, 2.45) is 28.7 Å². The Balaban J connectivity index is 0.880. The maximum absolute atomic E-state index is 14.3. The summed E-state index contributed by atoms with van der Waals surface area (Å²) < 4.78 is 42.0. The Hall–Kier alpha value is -3.83. The molecule has 16 heteroatoms. The lowest BCUT2D eigenvalue weighted by Gasteiger charge is -2.36. The van der Waals surface area contributed by atoms with Gasteiger partial charge in [-0.3, -0.25) is 19.4 Å². The molecule has 0 aromatic rings. The molecular formula is C53H78N4O11S. The van der Waals surface area contributed by atoms with E-state index in [0.717, 1.165) is 80.9 Å². The molecule has 2 N–H and O–H groups in total. The van der Waals surface area contributed by atoms with Gasteiger partial charge in [-0.05, 0) is 98.5 Å². The van der Waals surface area contributed by atoms with E-state index in [1.807, 2.05) is 18.0 Å². The third-order valence-electron chi connectivity index (χ3n) is 15.6. The molecule has 3 saturated heterocycles. The van der Waals surface area contributed by atoms with Crippen LogP contribution in [0.15, 0.2) is 64.0 Å². The minimum atomic E-state index is -0.875. The minimum absolute atomic E-state index is 0.00438. The van der Waals surface area contributed by atoms with E-state index in [4.69, 9.17) is 43.3 Å². The van der Waals surface area contributed by atoms with Gasteiger partial charge in [0.15, 0.2) is 5.76 Å². The Bertz CT molecular complexity index is 1950. The second-order valence-corrected chi connectivity index (χ2v) is 21.4. The summed E-state index contributed by atoms with van der Waals surface area (Å²) in [4.78, 5) is 48.1. The smallest absolute Gasteiger partial charge is 0.305 e. The largest absolute Gasteiger partial charge is 0.498 e. The van der Waals surface area contributed by atoms with E-state index < -0.39 is 5.97 Å². The van der Waals surface area contributed by atoms with E-state index in [9.17, 15) is 14.4 Å². The van der Waals surface area contributed by atoms with Crippen LogP contribution in [0.5, 0.6) is 0 Å². The maximum Gasteiger partial charge on any atom is 0.305 e. The highest BCUT2D eigenvalue weighted by Crippen LogP contribution is 2.43. The van der Waals surface area contributed by atoms with E-state index >= 15 is 0 Å². The Morgan fingerprint density at radius 1 is 0.942 bits per heavy atom. The van der Waals surface area contributed by atoms with Gasteiger partial charge in [-0.2, -0.15) is 11.8 Å². The zero-order chi connectivity index (χ0) is 48.1. The standard InChI is InChI=1S/C53H78N4O11S/c1-4-47(62-2)49(26-40-27-51(58)56-41(30-54-40)24-38-9-5-7-11-45(38)56)67-32-35-21-36(23-37(22-35)34-69-20-19-66-18-17-65-16-15-64-14-13-52(59)60)33-68-50-29-44-43(28-48(50)63-3)53(61)57-42(31-55-44)25-39-10-6-8-12-46(39)57/h4,10,22,30,36-38,40-46,55H,1,5-9,11-21,23-29,31-34H2,2-3H3,(H,59,60)/b49-47-/t36-,37+,38?,40-,41-,42-,43-,44+,45-,46+/m0/s1. The molecule has 0 aromatic carbocycles. The summed E-state index contributed by atoms with van der Waals surface area (Å²) in [5.41, 5.74) is 2.64. The highest BCUT2D eigenvalue weighted by Gasteiger charge is 2.49. The first-order valence-electron chi connectivity index (χ1n) is 25.9. The van der Waals surface area contributed by atoms with Crippen LogP contribution >= 0.6 is 11.8 Å². The number of fused-ring (bicyclic) bond motifs is 7. The first kappa shape index (κ1) is 51.5. The number of carboxylic acids is 1. The fourth-order valence-corrected chi connectivity index (χ4v) is 13.3. The number of rotatable bonds is 25. The summed E-state index contributed by atoms with van der Waals surface area (Å²) in [6.07, 6.45) is 22.2. The molecule has 1 saturated carbocycles. The number of carbonyl (C=O) groups is 3. The molecule has 0 bridgehead atoms. The van der Waals surface area contributed by atoms with Crippen molar-refractivity contribution in [1.82, 2.24) is 15.1 Å². The number of hydrogen-bond donors (Lipinski definition) is 2. The summed E-state index contributed by atoms with van der Waals surface area (Å²) >= 11 is 1.87. The lowest BCUT2D eigenvalue weighted by molar-refractivity contribution is -0.139. The number of methoxy groups -OCH3 is 2. The first-order valence-corrected chi connectivity index (χ1v) is 27.1. The molecule has 8 aliphatic rings. The number of ether oxygens (including phenoxy) is 7. The third-order valence-corrected chi connectivity index (χ3v) is 16.8. The molecule has 69 heavy (non-hydrogen) atoms. The van der Waals surface area contributed by atoms with Crippen molar-refractivity contribution < 1.29 is 52.6 Å². The Labute approximate surface area is 413 Å². The topological polar surface area (TPSA) is 167 Å². The van der Waals surface area contributed by atoms with Crippen LogP contribution in [-0.2, 0) is 47.5 Å². The van der Waals surface area contributed by atoms with Crippen LogP contribution in [-0.4, -0.2) is 160 Å². The maximum atomic E-state index is 14.3. The predicted octanol–water partition coefficient (Wildman–Crippen LogP) is 6.99. The van der Waals surface area contributed by atoms with Gasteiger partial charge < -0.3 is 53.4 Å². The average molecular weight is 979 g/mol.